The Morgan fingerprint density at radius 3 is 1.54 bits per heavy atom. The molecule has 1 heterocycles. The summed E-state index contributed by atoms with van der Waals surface area (Å²) in [5, 5.41) is 10.5. The minimum Gasteiger partial charge on any atom is -0.507 e. The quantitative estimate of drug-likeness (QED) is 0.519. The molecule has 28 heavy (non-hydrogen) atoms. The van der Waals surface area contributed by atoms with E-state index < -0.39 is 0 Å². The van der Waals surface area contributed by atoms with E-state index in [1.54, 1.807) is 0 Å². The molecule has 138 valence electrons. The third-order valence-electron chi connectivity index (χ3n) is 4.73. The van der Waals surface area contributed by atoms with Gasteiger partial charge in [-0.2, -0.15) is 0 Å². The number of hydrogen-bond donors (Lipinski definition) is 1. The summed E-state index contributed by atoms with van der Waals surface area (Å²) in [6.45, 7) is 5.96. The minimum absolute atomic E-state index is 0.193. The second-order valence-corrected chi connectivity index (χ2v) is 7.01. The number of phenolic OH excluding ortho intramolecular Hbond substituents is 1. The van der Waals surface area contributed by atoms with E-state index in [1.165, 1.54) is 11.1 Å². The van der Waals surface area contributed by atoms with Crippen molar-refractivity contribution < 1.29 is 5.11 Å². The molecule has 0 fully saturated rings. The summed E-state index contributed by atoms with van der Waals surface area (Å²) >= 11 is 0. The smallest absolute Gasteiger partial charge is 0.167 e. The standard InChI is InChI=1S/C24H21N3O/c1-15-7-11-18(12-8-15)22-25-23(19-13-9-16(2)10-14-19)27-24(26-22)20-6-4-5-17(3)21(20)28/h4-14,28H,1-3H3. The van der Waals surface area contributed by atoms with Gasteiger partial charge < -0.3 is 5.11 Å². The maximum absolute atomic E-state index is 10.5. The van der Waals surface area contributed by atoms with Gasteiger partial charge in [-0.3, -0.25) is 0 Å². The van der Waals surface area contributed by atoms with E-state index in [9.17, 15) is 5.11 Å². The zero-order chi connectivity index (χ0) is 19.7. The molecule has 1 N–H and O–H groups in total. The normalized spacial score (nSPS) is 10.8. The van der Waals surface area contributed by atoms with Crippen LogP contribution in [0.3, 0.4) is 0 Å². The lowest BCUT2D eigenvalue weighted by Gasteiger charge is -2.10. The third kappa shape index (κ3) is 3.49. The van der Waals surface area contributed by atoms with Crippen molar-refractivity contribution in [3.8, 4) is 39.9 Å². The fourth-order valence-electron chi connectivity index (χ4n) is 3.00. The second kappa shape index (κ2) is 7.24. The number of rotatable bonds is 3. The van der Waals surface area contributed by atoms with E-state index >= 15 is 0 Å². The van der Waals surface area contributed by atoms with Gasteiger partial charge in [0.25, 0.3) is 0 Å². The van der Waals surface area contributed by atoms with E-state index in [0.717, 1.165) is 16.7 Å². The zero-order valence-corrected chi connectivity index (χ0v) is 16.1. The summed E-state index contributed by atoms with van der Waals surface area (Å²) in [4.78, 5) is 14.0. The Morgan fingerprint density at radius 1 is 0.571 bits per heavy atom. The number of hydrogen-bond acceptors (Lipinski definition) is 4. The Bertz CT molecular complexity index is 1070. The highest BCUT2D eigenvalue weighted by Crippen LogP contribution is 2.32. The van der Waals surface area contributed by atoms with Crippen LogP contribution in [-0.4, -0.2) is 20.1 Å². The number of benzene rings is 3. The number of phenols is 1. The van der Waals surface area contributed by atoms with Crippen molar-refractivity contribution in [2.45, 2.75) is 20.8 Å². The summed E-state index contributed by atoms with van der Waals surface area (Å²) in [6.07, 6.45) is 0. The highest BCUT2D eigenvalue weighted by molar-refractivity contribution is 5.70. The van der Waals surface area contributed by atoms with Crippen molar-refractivity contribution >= 4 is 0 Å². The highest BCUT2D eigenvalue weighted by atomic mass is 16.3. The SMILES string of the molecule is Cc1ccc(-c2nc(-c3ccc(C)cc3)nc(-c3cccc(C)c3O)n2)cc1. The molecular weight excluding hydrogens is 346 g/mol. The maximum Gasteiger partial charge on any atom is 0.167 e. The lowest BCUT2D eigenvalue weighted by atomic mass is 10.1. The van der Waals surface area contributed by atoms with Gasteiger partial charge in [-0.05, 0) is 32.4 Å². The summed E-state index contributed by atoms with van der Waals surface area (Å²) < 4.78 is 0. The van der Waals surface area contributed by atoms with Gasteiger partial charge in [0.05, 0.1) is 5.56 Å². The van der Waals surface area contributed by atoms with Crippen LogP contribution < -0.4 is 0 Å². The molecule has 0 spiro atoms. The van der Waals surface area contributed by atoms with Crippen LogP contribution in [0.5, 0.6) is 5.75 Å². The van der Waals surface area contributed by atoms with E-state index in [-0.39, 0.29) is 5.75 Å². The number of para-hydroxylation sites is 1. The summed E-state index contributed by atoms with van der Waals surface area (Å²) in [6, 6.07) is 21.7. The fourth-order valence-corrected chi connectivity index (χ4v) is 3.00. The molecule has 0 radical (unpaired) electrons. The fraction of sp³-hybridized carbons (Fsp3) is 0.125. The molecule has 0 aliphatic heterocycles. The Hall–Kier alpha value is -3.53. The van der Waals surface area contributed by atoms with E-state index in [2.05, 4.69) is 9.97 Å². The first kappa shape index (κ1) is 17.9. The van der Waals surface area contributed by atoms with E-state index in [1.807, 2.05) is 87.5 Å². The summed E-state index contributed by atoms with van der Waals surface area (Å²) in [7, 11) is 0. The van der Waals surface area contributed by atoms with Gasteiger partial charge in [0.15, 0.2) is 17.5 Å². The van der Waals surface area contributed by atoms with Gasteiger partial charge >= 0.3 is 0 Å². The van der Waals surface area contributed by atoms with Crippen LogP contribution in [0.2, 0.25) is 0 Å². The molecule has 1 aromatic heterocycles. The van der Waals surface area contributed by atoms with Crippen molar-refractivity contribution in [2.75, 3.05) is 0 Å². The van der Waals surface area contributed by atoms with Gasteiger partial charge in [0.1, 0.15) is 5.75 Å². The van der Waals surface area contributed by atoms with Crippen LogP contribution >= 0.6 is 0 Å². The molecule has 4 aromatic rings. The van der Waals surface area contributed by atoms with Crippen molar-refractivity contribution in [3.63, 3.8) is 0 Å². The zero-order valence-electron chi connectivity index (χ0n) is 16.1. The lowest BCUT2D eigenvalue weighted by molar-refractivity contribution is 0.472. The Balaban J connectivity index is 1.93. The van der Waals surface area contributed by atoms with Crippen LogP contribution in [-0.2, 0) is 0 Å². The van der Waals surface area contributed by atoms with Gasteiger partial charge in [0.2, 0.25) is 0 Å². The van der Waals surface area contributed by atoms with E-state index in [4.69, 9.17) is 4.98 Å². The molecule has 0 bridgehead atoms. The first-order valence-electron chi connectivity index (χ1n) is 9.20. The average Bonchev–Trinajstić information content (AvgIpc) is 2.71. The van der Waals surface area contributed by atoms with Crippen molar-refractivity contribution in [1.29, 1.82) is 0 Å². The van der Waals surface area contributed by atoms with Crippen molar-refractivity contribution in [2.24, 2.45) is 0 Å². The summed E-state index contributed by atoms with van der Waals surface area (Å²) in [5.41, 5.74) is 5.56. The van der Waals surface area contributed by atoms with Crippen LogP contribution in [0.4, 0.5) is 0 Å². The molecule has 4 nitrogen and oxygen atoms in total. The Morgan fingerprint density at radius 2 is 1.04 bits per heavy atom. The molecule has 0 saturated heterocycles. The van der Waals surface area contributed by atoms with Crippen molar-refractivity contribution in [3.05, 3.63) is 83.4 Å². The number of aromatic nitrogens is 3. The molecule has 4 rings (SSSR count). The number of aromatic hydroxyl groups is 1. The van der Waals surface area contributed by atoms with Crippen LogP contribution in [0.25, 0.3) is 34.2 Å². The van der Waals surface area contributed by atoms with E-state index in [0.29, 0.717) is 23.0 Å². The van der Waals surface area contributed by atoms with Crippen molar-refractivity contribution in [1.82, 2.24) is 15.0 Å². The molecular formula is C24H21N3O. The monoisotopic (exact) mass is 367 g/mol. The molecule has 0 unspecified atom stereocenters. The lowest BCUT2D eigenvalue weighted by Crippen LogP contribution is -2.00. The van der Waals surface area contributed by atoms with Gasteiger partial charge in [0, 0.05) is 11.1 Å². The molecule has 0 amide bonds. The Labute approximate surface area is 164 Å². The summed E-state index contributed by atoms with van der Waals surface area (Å²) in [5.74, 6) is 1.82. The molecule has 0 saturated carbocycles. The topological polar surface area (TPSA) is 58.9 Å². The number of nitrogens with zero attached hydrogens (tertiary/aromatic N) is 3. The largest absolute Gasteiger partial charge is 0.507 e. The van der Waals surface area contributed by atoms with Gasteiger partial charge in [-0.25, -0.2) is 15.0 Å². The first-order chi connectivity index (χ1) is 13.5. The van der Waals surface area contributed by atoms with Crippen LogP contribution in [0.15, 0.2) is 66.7 Å². The predicted molar refractivity (Wildman–Crippen MR) is 112 cm³/mol. The van der Waals surface area contributed by atoms with Crippen LogP contribution in [0, 0.1) is 20.8 Å². The van der Waals surface area contributed by atoms with Gasteiger partial charge in [-0.15, -0.1) is 0 Å². The molecule has 0 aliphatic rings. The maximum atomic E-state index is 10.5. The average molecular weight is 367 g/mol. The molecule has 0 aliphatic carbocycles. The second-order valence-electron chi connectivity index (χ2n) is 7.01. The number of aryl methyl sites for hydroxylation is 3. The van der Waals surface area contributed by atoms with Gasteiger partial charge in [-0.1, -0.05) is 71.8 Å². The predicted octanol–water partition coefficient (Wildman–Crippen LogP) is 5.50. The highest BCUT2D eigenvalue weighted by Gasteiger charge is 2.15. The van der Waals surface area contributed by atoms with Crippen LogP contribution in [0.1, 0.15) is 16.7 Å². The molecule has 3 aromatic carbocycles. The Kier molecular flexibility index (Phi) is 4.62. The first-order valence-corrected chi connectivity index (χ1v) is 9.20. The minimum atomic E-state index is 0.193. The molecule has 4 heteroatoms. The molecule has 0 atom stereocenters. The third-order valence-corrected chi connectivity index (χ3v) is 4.73.